The minimum absolute atomic E-state index is 0.100. The number of methoxy groups -OCH3 is 1. The topological polar surface area (TPSA) is 76.1 Å². The van der Waals surface area contributed by atoms with E-state index in [1.54, 1.807) is 24.1 Å². The monoisotopic (exact) mass is 437 g/mol. The Balaban J connectivity index is 1.84. The molecule has 170 valence electrons. The second-order valence-electron chi connectivity index (χ2n) is 8.12. The van der Waals surface area contributed by atoms with Gasteiger partial charge in [0.2, 0.25) is 0 Å². The van der Waals surface area contributed by atoms with Gasteiger partial charge < -0.3 is 19.5 Å². The number of ether oxygens (including phenoxy) is 2. The number of hydrogen-bond acceptors (Lipinski definition) is 5. The molecule has 0 radical (unpaired) electrons. The van der Waals surface area contributed by atoms with Crippen LogP contribution in [0.3, 0.4) is 0 Å². The van der Waals surface area contributed by atoms with E-state index in [9.17, 15) is 14.7 Å². The summed E-state index contributed by atoms with van der Waals surface area (Å²) in [5.41, 5.74) is 1.96. The molecular weight excluding hydrogens is 406 g/mol. The number of nitrogens with zero attached hydrogens (tertiary/aromatic N) is 1. The lowest BCUT2D eigenvalue weighted by Gasteiger charge is -2.27. The molecule has 0 bridgehead atoms. The second-order valence-corrected chi connectivity index (χ2v) is 8.12. The molecule has 1 heterocycles. The van der Waals surface area contributed by atoms with Crippen molar-refractivity contribution in [1.29, 1.82) is 0 Å². The van der Waals surface area contributed by atoms with Gasteiger partial charge in [-0.2, -0.15) is 0 Å². The summed E-state index contributed by atoms with van der Waals surface area (Å²) >= 11 is 0. The Labute approximate surface area is 189 Å². The molecule has 6 nitrogen and oxygen atoms in total. The number of rotatable bonds is 11. The zero-order valence-corrected chi connectivity index (χ0v) is 18.9. The van der Waals surface area contributed by atoms with Gasteiger partial charge in [-0.1, -0.05) is 42.5 Å². The van der Waals surface area contributed by atoms with Gasteiger partial charge in [-0.25, -0.2) is 0 Å². The number of ketones is 1. The zero-order valence-electron chi connectivity index (χ0n) is 18.9. The first-order valence-corrected chi connectivity index (χ1v) is 11.0. The Morgan fingerprint density at radius 2 is 1.78 bits per heavy atom. The van der Waals surface area contributed by atoms with Gasteiger partial charge in [0.15, 0.2) is 11.5 Å². The lowest BCUT2D eigenvalue weighted by Crippen LogP contribution is -2.32. The van der Waals surface area contributed by atoms with Crippen LogP contribution in [-0.4, -0.2) is 48.1 Å². The maximum Gasteiger partial charge on any atom is 0.290 e. The molecule has 6 heteroatoms. The highest BCUT2D eigenvalue weighted by atomic mass is 16.5. The van der Waals surface area contributed by atoms with E-state index in [2.05, 4.69) is 0 Å². The minimum atomic E-state index is -0.629. The summed E-state index contributed by atoms with van der Waals surface area (Å²) < 4.78 is 10.8. The molecule has 32 heavy (non-hydrogen) atoms. The quantitative estimate of drug-likeness (QED) is 0.527. The fourth-order valence-corrected chi connectivity index (χ4v) is 3.89. The number of carbonyl (C=O) groups excluding carboxylic acids is 2. The number of aryl methyl sites for hydroxylation is 1. The molecule has 2 aromatic rings. The molecule has 0 saturated heterocycles. The molecule has 0 spiro atoms. The second kappa shape index (κ2) is 11.0. The number of carbonyl (C=O) groups is 2. The summed E-state index contributed by atoms with van der Waals surface area (Å²) in [6, 6.07) is 16.3. The smallest absolute Gasteiger partial charge is 0.290 e. The van der Waals surface area contributed by atoms with Crippen molar-refractivity contribution in [1.82, 2.24) is 4.90 Å². The molecule has 1 atom stereocenters. The third-order valence-electron chi connectivity index (χ3n) is 5.51. The molecule has 1 unspecified atom stereocenters. The van der Waals surface area contributed by atoms with Crippen molar-refractivity contribution < 1.29 is 24.2 Å². The highest BCUT2D eigenvalue weighted by molar-refractivity contribution is 6.09. The number of hydrogen-bond donors (Lipinski definition) is 1. The fourth-order valence-electron chi connectivity index (χ4n) is 3.89. The third kappa shape index (κ3) is 5.56. The van der Waals surface area contributed by atoms with E-state index < -0.39 is 17.7 Å². The molecule has 2 aromatic carbocycles. The van der Waals surface area contributed by atoms with Crippen LogP contribution in [-0.2, 0) is 20.7 Å². The standard InChI is InChI=1S/C26H31NO5/c1-18(2)32-17-7-16-27-24(20-11-13-21(31-3)14-12-20)23(25(29)26(27)30)22(28)15-10-19-8-5-4-6-9-19/h4-6,8-9,11-14,18,24,29H,7,10,15-17H2,1-3H3. The molecule has 1 N–H and O–H groups in total. The van der Waals surface area contributed by atoms with Crippen LogP contribution in [0, 0.1) is 0 Å². The first-order valence-electron chi connectivity index (χ1n) is 11.0. The number of aliphatic hydroxyl groups is 1. The largest absolute Gasteiger partial charge is 0.503 e. The van der Waals surface area contributed by atoms with Crippen molar-refractivity contribution in [3.05, 3.63) is 77.1 Å². The average Bonchev–Trinajstić information content (AvgIpc) is 3.06. The van der Waals surface area contributed by atoms with Crippen LogP contribution in [0.2, 0.25) is 0 Å². The molecule has 1 aliphatic rings. The number of amides is 1. The van der Waals surface area contributed by atoms with E-state index in [4.69, 9.17) is 9.47 Å². The fraction of sp³-hybridized carbons (Fsp3) is 0.385. The Morgan fingerprint density at radius 3 is 2.41 bits per heavy atom. The highest BCUT2D eigenvalue weighted by Crippen LogP contribution is 2.39. The first kappa shape index (κ1) is 23.5. The highest BCUT2D eigenvalue weighted by Gasteiger charge is 2.42. The lowest BCUT2D eigenvalue weighted by atomic mass is 9.93. The van der Waals surface area contributed by atoms with Crippen molar-refractivity contribution in [2.24, 2.45) is 0 Å². The van der Waals surface area contributed by atoms with Crippen molar-refractivity contribution >= 4 is 11.7 Å². The van der Waals surface area contributed by atoms with E-state index in [-0.39, 0.29) is 23.9 Å². The summed E-state index contributed by atoms with van der Waals surface area (Å²) in [5.74, 6) is -0.506. The van der Waals surface area contributed by atoms with Gasteiger partial charge in [0.1, 0.15) is 5.75 Å². The molecule has 0 fully saturated rings. The normalized spacial score (nSPS) is 16.2. The minimum Gasteiger partial charge on any atom is -0.503 e. The summed E-state index contributed by atoms with van der Waals surface area (Å²) in [5, 5.41) is 10.7. The zero-order chi connectivity index (χ0) is 23.1. The van der Waals surface area contributed by atoms with Crippen LogP contribution in [0.1, 0.15) is 43.9 Å². The SMILES string of the molecule is COc1ccc(C2C(C(=O)CCc3ccccc3)=C(O)C(=O)N2CCCOC(C)C)cc1. The van der Waals surface area contributed by atoms with E-state index >= 15 is 0 Å². The van der Waals surface area contributed by atoms with Crippen LogP contribution in [0.25, 0.3) is 0 Å². The summed E-state index contributed by atoms with van der Waals surface area (Å²) in [6.45, 7) is 4.78. The molecule has 1 aliphatic heterocycles. The first-order chi connectivity index (χ1) is 15.4. The summed E-state index contributed by atoms with van der Waals surface area (Å²) in [4.78, 5) is 27.7. The van der Waals surface area contributed by atoms with Crippen LogP contribution in [0.15, 0.2) is 65.9 Å². The van der Waals surface area contributed by atoms with Crippen LogP contribution >= 0.6 is 0 Å². The van der Waals surface area contributed by atoms with Crippen LogP contribution < -0.4 is 4.74 Å². The van der Waals surface area contributed by atoms with Gasteiger partial charge in [-0.15, -0.1) is 0 Å². The average molecular weight is 438 g/mol. The lowest BCUT2D eigenvalue weighted by molar-refractivity contribution is -0.129. The Hall–Kier alpha value is -3.12. The van der Waals surface area contributed by atoms with Gasteiger partial charge in [0, 0.05) is 19.6 Å². The Morgan fingerprint density at radius 1 is 1.09 bits per heavy atom. The molecule has 0 aromatic heterocycles. The Kier molecular flexibility index (Phi) is 8.06. The molecule has 3 rings (SSSR count). The maximum absolute atomic E-state index is 13.2. The molecule has 0 aliphatic carbocycles. The van der Waals surface area contributed by atoms with E-state index in [1.165, 1.54) is 0 Å². The third-order valence-corrected chi connectivity index (χ3v) is 5.51. The maximum atomic E-state index is 13.2. The van der Waals surface area contributed by atoms with Crippen LogP contribution in [0.5, 0.6) is 5.75 Å². The van der Waals surface area contributed by atoms with Gasteiger partial charge in [0.25, 0.3) is 5.91 Å². The van der Waals surface area contributed by atoms with Gasteiger partial charge in [-0.3, -0.25) is 9.59 Å². The predicted molar refractivity (Wildman–Crippen MR) is 123 cm³/mol. The van der Waals surface area contributed by atoms with Crippen molar-refractivity contribution in [2.45, 2.75) is 45.3 Å². The van der Waals surface area contributed by atoms with E-state index in [1.807, 2.05) is 56.3 Å². The van der Waals surface area contributed by atoms with E-state index in [0.717, 1.165) is 11.1 Å². The van der Waals surface area contributed by atoms with Crippen molar-refractivity contribution in [3.8, 4) is 5.75 Å². The molecule has 0 saturated carbocycles. The van der Waals surface area contributed by atoms with Gasteiger partial charge in [-0.05, 0) is 49.9 Å². The van der Waals surface area contributed by atoms with Crippen molar-refractivity contribution in [2.75, 3.05) is 20.3 Å². The summed E-state index contributed by atoms with van der Waals surface area (Å²) in [7, 11) is 1.58. The number of aliphatic hydroxyl groups excluding tert-OH is 1. The predicted octanol–water partition coefficient (Wildman–Crippen LogP) is 4.41. The van der Waals surface area contributed by atoms with Crippen LogP contribution in [0.4, 0.5) is 0 Å². The van der Waals surface area contributed by atoms with Gasteiger partial charge in [0.05, 0.1) is 24.8 Å². The number of Topliss-reactive ketones (excluding diaryl/α,β-unsaturated/α-hetero) is 1. The van der Waals surface area contributed by atoms with Gasteiger partial charge >= 0.3 is 0 Å². The van der Waals surface area contributed by atoms with Crippen molar-refractivity contribution in [3.63, 3.8) is 0 Å². The number of benzene rings is 2. The molecular formula is C26H31NO5. The molecule has 1 amide bonds. The summed E-state index contributed by atoms with van der Waals surface area (Å²) in [6.07, 6.45) is 1.47. The Bertz CT molecular complexity index is 950. The van der Waals surface area contributed by atoms with E-state index in [0.29, 0.717) is 31.7 Å².